The Balaban J connectivity index is 1.26. The predicted octanol–water partition coefficient (Wildman–Crippen LogP) is 4.69. The van der Waals surface area contributed by atoms with Crippen LogP contribution in [0.4, 0.5) is 0 Å². The van der Waals surface area contributed by atoms with Crippen LogP contribution in [-0.2, 0) is 0 Å². The number of hydrogen-bond acceptors (Lipinski definition) is 4. The van der Waals surface area contributed by atoms with E-state index in [1.54, 1.807) is 24.2 Å². The maximum Gasteiger partial charge on any atom is 0.166 e. The van der Waals surface area contributed by atoms with Gasteiger partial charge in [0.2, 0.25) is 0 Å². The summed E-state index contributed by atoms with van der Waals surface area (Å²) in [5.41, 5.74) is 2.16. The fraction of sp³-hybridized carbons (Fsp3) is 0.333. The first-order chi connectivity index (χ1) is 11.4. The molecule has 0 spiro atoms. The van der Waals surface area contributed by atoms with Crippen LogP contribution in [0.15, 0.2) is 53.9 Å². The van der Waals surface area contributed by atoms with Gasteiger partial charge in [0.1, 0.15) is 5.75 Å². The standard InChI is InChI=1S/C18H21N3OS/c1(5-13-22-15-9-11-19-12-10-15)2-6-14-23-18-20-16-7-3-4-8-17(16)21-18/h3-4,7-12H,1-2,5-6,13-14H2,(H,20,21). The fourth-order valence-corrected chi connectivity index (χ4v) is 3.24. The molecule has 0 aliphatic rings. The van der Waals surface area contributed by atoms with Gasteiger partial charge in [0.15, 0.2) is 5.16 Å². The monoisotopic (exact) mass is 327 g/mol. The van der Waals surface area contributed by atoms with E-state index in [2.05, 4.69) is 21.0 Å². The second kappa shape index (κ2) is 8.58. The lowest BCUT2D eigenvalue weighted by molar-refractivity contribution is 0.305. The molecule has 1 aromatic carbocycles. The quantitative estimate of drug-likeness (QED) is 0.457. The fourth-order valence-electron chi connectivity index (χ4n) is 2.35. The van der Waals surface area contributed by atoms with Gasteiger partial charge in [-0.25, -0.2) is 4.98 Å². The first-order valence-electron chi connectivity index (χ1n) is 8.02. The summed E-state index contributed by atoms with van der Waals surface area (Å²) >= 11 is 1.80. The Morgan fingerprint density at radius 3 is 2.65 bits per heavy atom. The number of nitrogens with zero attached hydrogens (tertiary/aromatic N) is 2. The van der Waals surface area contributed by atoms with E-state index in [9.17, 15) is 0 Å². The van der Waals surface area contributed by atoms with Gasteiger partial charge in [-0.1, -0.05) is 36.7 Å². The molecular formula is C18H21N3OS. The number of hydrogen-bond donors (Lipinski definition) is 1. The lowest BCUT2D eigenvalue weighted by atomic mass is 10.2. The van der Waals surface area contributed by atoms with E-state index in [1.807, 2.05) is 30.3 Å². The van der Waals surface area contributed by atoms with Crippen molar-refractivity contribution in [3.05, 3.63) is 48.8 Å². The molecule has 5 heteroatoms. The maximum atomic E-state index is 5.66. The normalized spacial score (nSPS) is 11.0. The number of nitrogens with one attached hydrogen (secondary N) is 1. The van der Waals surface area contributed by atoms with Crippen LogP contribution >= 0.6 is 11.8 Å². The Morgan fingerprint density at radius 1 is 0.957 bits per heavy atom. The van der Waals surface area contributed by atoms with Crippen molar-refractivity contribution >= 4 is 22.8 Å². The minimum Gasteiger partial charge on any atom is -0.493 e. The molecule has 0 amide bonds. The molecule has 0 bridgehead atoms. The molecule has 0 saturated carbocycles. The highest BCUT2D eigenvalue weighted by Crippen LogP contribution is 2.20. The molecule has 0 aliphatic heterocycles. The van der Waals surface area contributed by atoms with E-state index in [0.717, 1.165) is 40.7 Å². The zero-order valence-corrected chi connectivity index (χ0v) is 13.9. The van der Waals surface area contributed by atoms with E-state index in [-0.39, 0.29) is 0 Å². The third kappa shape index (κ3) is 4.99. The summed E-state index contributed by atoms with van der Waals surface area (Å²) in [6.07, 6.45) is 8.24. The van der Waals surface area contributed by atoms with Crippen molar-refractivity contribution in [2.24, 2.45) is 0 Å². The number of rotatable bonds is 9. The number of thioether (sulfide) groups is 1. The van der Waals surface area contributed by atoms with Crippen molar-refractivity contribution in [1.29, 1.82) is 0 Å². The highest BCUT2D eigenvalue weighted by molar-refractivity contribution is 7.99. The molecule has 2 aromatic heterocycles. The number of fused-ring (bicyclic) bond motifs is 1. The van der Waals surface area contributed by atoms with Crippen LogP contribution in [0.5, 0.6) is 5.75 Å². The van der Waals surface area contributed by atoms with Gasteiger partial charge >= 0.3 is 0 Å². The summed E-state index contributed by atoms with van der Waals surface area (Å²) in [6, 6.07) is 11.9. The van der Waals surface area contributed by atoms with E-state index >= 15 is 0 Å². The number of unbranched alkanes of at least 4 members (excludes halogenated alkanes) is 3. The minimum atomic E-state index is 0.779. The summed E-state index contributed by atoms with van der Waals surface area (Å²) in [5, 5.41) is 1.02. The molecule has 3 rings (SSSR count). The molecule has 0 aliphatic carbocycles. The topological polar surface area (TPSA) is 50.8 Å². The number of benzene rings is 1. The largest absolute Gasteiger partial charge is 0.493 e. The van der Waals surface area contributed by atoms with Crippen LogP contribution in [-0.4, -0.2) is 27.3 Å². The van der Waals surface area contributed by atoms with E-state index in [0.29, 0.717) is 0 Å². The van der Waals surface area contributed by atoms with Gasteiger partial charge in [-0.2, -0.15) is 0 Å². The number of H-pyrrole nitrogens is 1. The zero-order valence-electron chi connectivity index (χ0n) is 13.1. The van der Waals surface area contributed by atoms with Crippen molar-refractivity contribution in [3.63, 3.8) is 0 Å². The predicted molar refractivity (Wildman–Crippen MR) is 95.0 cm³/mol. The average Bonchev–Trinajstić information content (AvgIpc) is 3.01. The zero-order chi connectivity index (χ0) is 15.7. The highest BCUT2D eigenvalue weighted by Gasteiger charge is 2.02. The van der Waals surface area contributed by atoms with Gasteiger partial charge in [0.25, 0.3) is 0 Å². The van der Waals surface area contributed by atoms with Crippen LogP contribution in [0.1, 0.15) is 25.7 Å². The molecule has 3 aromatic rings. The number of aromatic nitrogens is 3. The summed E-state index contributed by atoms with van der Waals surface area (Å²) in [4.78, 5) is 11.9. The number of para-hydroxylation sites is 2. The van der Waals surface area contributed by atoms with Crippen LogP contribution in [0, 0.1) is 0 Å². The number of aromatic amines is 1. The maximum absolute atomic E-state index is 5.66. The third-order valence-corrected chi connectivity index (χ3v) is 4.52. The van der Waals surface area contributed by atoms with Crippen molar-refractivity contribution in [1.82, 2.24) is 15.0 Å². The second-order valence-electron chi connectivity index (χ2n) is 5.35. The van der Waals surface area contributed by atoms with Gasteiger partial charge in [-0.05, 0) is 37.1 Å². The Morgan fingerprint density at radius 2 is 1.78 bits per heavy atom. The second-order valence-corrected chi connectivity index (χ2v) is 6.44. The Hall–Kier alpha value is -2.01. The molecule has 0 unspecified atom stereocenters. The van der Waals surface area contributed by atoms with E-state index in [4.69, 9.17) is 4.74 Å². The molecule has 0 radical (unpaired) electrons. The molecule has 120 valence electrons. The van der Waals surface area contributed by atoms with Crippen molar-refractivity contribution < 1.29 is 4.74 Å². The van der Waals surface area contributed by atoms with Crippen LogP contribution < -0.4 is 4.74 Å². The Bertz CT molecular complexity index is 681. The summed E-state index contributed by atoms with van der Waals surface area (Å²) in [7, 11) is 0. The van der Waals surface area contributed by atoms with Gasteiger partial charge < -0.3 is 9.72 Å². The van der Waals surface area contributed by atoms with Crippen molar-refractivity contribution in [3.8, 4) is 5.75 Å². The number of imidazole rings is 1. The highest BCUT2D eigenvalue weighted by atomic mass is 32.2. The SMILES string of the molecule is c1ccc2[nH]c(SCCCCCCOc3ccncc3)nc2c1. The molecule has 0 atom stereocenters. The molecule has 1 N–H and O–H groups in total. The number of pyridine rings is 1. The third-order valence-electron chi connectivity index (χ3n) is 3.56. The summed E-state index contributed by atoms with van der Waals surface area (Å²) in [6.45, 7) is 0.779. The number of ether oxygens (including phenoxy) is 1. The molecule has 4 nitrogen and oxygen atoms in total. The summed E-state index contributed by atoms with van der Waals surface area (Å²) in [5.74, 6) is 2.01. The van der Waals surface area contributed by atoms with Gasteiger partial charge in [0, 0.05) is 18.1 Å². The average molecular weight is 327 g/mol. The summed E-state index contributed by atoms with van der Waals surface area (Å²) < 4.78 is 5.66. The minimum absolute atomic E-state index is 0.779. The van der Waals surface area contributed by atoms with Gasteiger partial charge in [-0.3, -0.25) is 4.98 Å². The first kappa shape index (κ1) is 15.9. The molecule has 0 saturated heterocycles. The molecule has 23 heavy (non-hydrogen) atoms. The lowest BCUT2D eigenvalue weighted by Crippen LogP contribution is -1.97. The molecular weight excluding hydrogens is 306 g/mol. The smallest absolute Gasteiger partial charge is 0.166 e. The molecule has 0 fully saturated rings. The van der Waals surface area contributed by atoms with E-state index < -0.39 is 0 Å². The van der Waals surface area contributed by atoms with Crippen LogP contribution in [0.3, 0.4) is 0 Å². The van der Waals surface area contributed by atoms with E-state index in [1.165, 1.54) is 19.3 Å². The van der Waals surface area contributed by atoms with Crippen LogP contribution in [0.2, 0.25) is 0 Å². The Labute approximate surface area is 140 Å². The van der Waals surface area contributed by atoms with Crippen molar-refractivity contribution in [2.45, 2.75) is 30.8 Å². The van der Waals surface area contributed by atoms with Crippen LogP contribution in [0.25, 0.3) is 11.0 Å². The van der Waals surface area contributed by atoms with Gasteiger partial charge in [0.05, 0.1) is 17.6 Å². The molecule has 2 heterocycles. The van der Waals surface area contributed by atoms with Gasteiger partial charge in [-0.15, -0.1) is 0 Å². The first-order valence-corrected chi connectivity index (χ1v) is 9.01. The Kier molecular flexibility index (Phi) is 5.92. The lowest BCUT2D eigenvalue weighted by Gasteiger charge is -2.05. The van der Waals surface area contributed by atoms with Crippen molar-refractivity contribution in [2.75, 3.05) is 12.4 Å².